The number of aromatic nitrogens is 2. The quantitative estimate of drug-likeness (QED) is 0.855. The molecule has 2 aromatic heterocycles. The van der Waals surface area contributed by atoms with E-state index in [1.807, 2.05) is 0 Å². The largest absolute Gasteiger partial charge is 0.477 e. The van der Waals surface area contributed by atoms with E-state index in [0.29, 0.717) is 0 Å². The normalized spacial score (nSPS) is 10.6. The Bertz CT molecular complexity index is 825. The summed E-state index contributed by atoms with van der Waals surface area (Å²) in [5.41, 5.74) is -0.370. The van der Waals surface area contributed by atoms with Crippen molar-refractivity contribution in [1.29, 1.82) is 5.26 Å². The fourth-order valence-corrected chi connectivity index (χ4v) is 2.63. The summed E-state index contributed by atoms with van der Waals surface area (Å²) < 4.78 is 26.5. The molecule has 0 bridgehead atoms. The van der Waals surface area contributed by atoms with Crippen LogP contribution in [0.15, 0.2) is 41.6 Å². The van der Waals surface area contributed by atoms with Crippen molar-refractivity contribution in [1.82, 2.24) is 9.97 Å². The number of rotatable bonds is 4. The Hall–Kier alpha value is -2.99. The number of carboxylic acids is 1. The Labute approximate surface area is 119 Å². The highest BCUT2D eigenvalue weighted by Crippen LogP contribution is 2.17. The zero-order valence-corrected chi connectivity index (χ0v) is 11.2. The molecule has 0 saturated heterocycles. The second kappa shape index (κ2) is 5.56. The Kier molecular flexibility index (Phi) is 3.82. The number of hydrogen-bond acceptors (Lipinski definition) is 6. The third kappa shape index (κ3) is 3.13. The average Bonchev–Trinajstić information content (AvgIpc) is 2.47. The van der Waals surface area contributed by atoms with Crippen LogP contribution < -0.4 is 4.72 Å². The molecule has 8 nitrogen and oxygen atoms in total. The first-order chi connectivity index (χ1) is 9.94. The minimum Gasteiger partial charge on any atom is -0.477 e. The topological polar surface area (TPSA) is 133 Å². The van der Waals surface area contributed by atoms with E-state index in [1.54, 1.807) is 6.07 Å². The van der Waals surface area contributed by atoms with Gasteiger partial charge in [-0.1, -0.05) is 0 Å². The van der Waals surface area contributed by atoms with Gasteiger partial charge in [-0.05, 0) is 24.3 Å². The van der Waals surface area contributed by atoms with E-state index in [9.17, 15) is 13.2 Å². The Morgan fingerprint density at radius 1 is 1.29 bits per heavy atom. The predicted molar refractivity (Wildman–Crippen MR) is 71.0 cm³/mol. The molecule has 0 fully saturated rings. The number of nitriles is 1. The summed E-state index contributed by atoms with van der Waals surface area (Å²) in [6.45, 7) is 0. The van der Waals surface area contributed by atoms with Gasteiger partial charge in [0.2, 0.25) is 0 Å². The molecule has 0 aliphatic heterocycles. The van der Waals surface area contributed by atoms with Crippen LogP contribution in [0.25, 0.3) is 0 Å². The number of sulfonamides is 1. The van der Waals surface area contributed by atoms with E-state index in [2.05, 4.69) is 14.7 Å². The molecule has 21 heavy (non-hydrogen) atoms. The van der Waals surface area contributed by atoms with Crippen LogP contribution in [0.4, 0.5) is 5.69 Å². The monoisotopic (exact) mass is 304 g/mol. The van der Waals surface area contributed by atoms with Gasteiger partial charge in [-0.3, -0.25) is 4.72 Å². The van der Waals surface area contributed by atoms with Crippen LogP contribution in [0.5, 0.6) is 0 Å². The Morgan fingerprint density at radius 2 is 2.05 bits per heavy atom. The summed E-state index contributed by atoms with van der Waals surface area (Å²) in [5.74, 6) is -1.22. The molecule has 2 N–H and O–H groups in total. The highest BCUT2D eigenvalue weighted by molar-refractivity contribution is 7.92. The number of nitrogens with zero attached hydrogens (tertiary/aromatic N) is 3. The first-order valence-electron chi connectivity index (χ1n) is 5.51. The van der Waals surface area contributed by atoms with Crippen LogP contribution in [-0.2, 0) is 10.0 Å². The third-order valence-corrected chi connectivity index (χ3v) is 3.81. The average molecular weight is 304 g/mol. The van der Waals surface area contributed by atoms with Gasteiger partial charge in [-0.15, -0.1) is 0 Å². The van der Waals surface area contributed by atoms with E-state index < -0.39 is 16.0 Å². The summed E-state index contributed by atoms with van der Waals surface area (Å²) in [5, 5.41) is 17.6. The third-order valence-electron chi connectivity index (χ3n) is 2.40. The van der Waals surface area contributed by atoms with E-state index in [1.165, 1.54) is 24.4 Å². The first-order valence-corrected chi connectivity index (χ1v) is 6.99. The van der Waals surface area contributed by atoms with Gasteiger partial charge in [-0.2, -0.15) is 5.26 Å². The lowest BCUT2D eigenvalue weighted by Gasteiger charge is -2.08. The van der Waals surface area contributed by atoms with Gasteiger partial charge in [0.1, 0.15) is 16.7 Å². The number of nitrogens with one attached hydrogen (secondary N) is 1. The molecule has 0 aliphatic carbocycles. The van der Waals surface area contributed by atoms with Crippen LogP contribution in [0.1, 0.15) is 16.2 Å². The molecule has 2 heterocycles. The minimum atomic E-state index is -4.01. The fourth-order valence-electron chi connectivity index (χ4n) is 1.48. The van der Waals surface area contributed by atoms with E-state index in [-0.39, 0.29) is 22.0 Å². The van der Waals surface area contributed by atoms with Gasteiger partial charge in [0, 0.05) is 6.20 Å². The zero-order valence-electron chi connectivity index (χ0n) is 10.4. The molecule has 0 unspecified atom stereocenters. The predicted octanol–water partition coefficient (Wildman–Crippen LogP) is 0.847. The molecular weight excluding hydrogens is 296 g/mol. The maximum Gasteiger partial charge on any atom is 0.354 e. The summed E-state index contributed by atoms with van der Waals surface area (Å²) in [6, 6.07) is 6.74. The van der Waals surface area contributed by atoms with Crippen molar-refractivity contribution < 1.29 is 18.3 Å². The molecule has 9 heteroatoms. The second-order valence-corrected chi connectivity index (χ2v) is 5.46. The zero-order chi connectivity index (χ0) is 15.5. The van der Waals surface area contributed by atoms with Gasteiger partial charge >= 0.3 is 5.97 Å². The first kappa shape index (κ1) is 14.4. The van der Waals surface area contributed by atoms with Crippen molar-refractivity contribution in [3.05, 3.63) is 48.0 Å². The van der Waals surface area contributed by atoms with Gasteiger partial charge in [-0.25, -0.2) is 23.2 Å². The minimum absolute atomic E-state index is 0.0766. The number of carboxylic acid groups (broad SMARTS) is 1. The van der Waals surface area contributed by atoms with Crippen LogP contribution >= 0.6 is 0 Å². The van der Waals surface area contributed by atoms with Gasteiger partial charge in [0.05, 0.1) is 11.9 Å². The molecule has 0 spiro atoms. The highest BCUT2D eigenvalue weighted by atomic mass is 32.2. The molecule has 0 amide bonds. The van der Waals surface area contributed by atoms with Crippen molar-refractivity contribution in [3.8, 4) is 6.07 Å². The Balaban J connectivity index is 2.34. The Morgan fingerprint density at radius 3 is 2.62 bits per heavy atom. The summed E-state index contributed by atoms with van der Waals surface area (Å²) in [6.07, 6.45) is 2.38. The number of carbonyl (C=O) groups is 1. The molecule has 0 saturated carbocycles. The van der Waals surface area contributed by atoms with Crippen molar-refractivity contribution in [3.63, 3.8) is 0 Å². The van der Waals surface area contributed by atoms with Crippen molar-refractivity contribution in [2.75, 3.05) is 4.72 Å². The maximum absolute atomic E-state index is 12.2. The van der Waals surface area contributed by atoms with Gasteiger partial charge < -0.3 is 5.11 Å². The number of hydrogen-bond donors (Lipinski definition) is 2. The van der Waals surface area contributed by atoms with Crippen molar-refractivity contribution in [2.45, 2.75) is 4.90 Å². The molecule has 2 aromatic rings. The summed E-state index contributed by atoms with van der Waals surface area (Å²) in [7, 11) is -4.01. The SMILES string of the molecule is N#Cc1ncccc1S(=O)(=O)Nc1ccc(C(=O)O)nc1. The number of anilines is 1. The van der Waals surface area contributed by atoms with Crippen LogP contribution in [-0.4, -0.2) is 29.5 Å². The molecule has 0 radical (unpaired) electrons. The number of pyridine rings is 2. The van der Waals surface area contributed by atoms with E-state index in [4.69, 9.17) is 10.4 Å². The molecule has 0 aromatic carbocycles. The van der Waals surface area contributed by atoms with Crippen LogP contribution in [0, 0.1) is 11.3 Å². The second-order valence-electron chi connectivity index (χ2n) is 3.80. The van der Waals surface area contributed by atoms with E-state index in [0.717, 1.165) is 12.3 Å². The molecule has 0 aliphatic rings. The summed E-state index contributed by atoms with van der Waals surface area (Å²) in [4.78, 5) is 17.6. The number of aromatic carboxylic acids is 1. The standard InChI is InChI=1S/C12H8N4O4S/c13-6-10-11(2-1-5-14-10)21(19,20)16-8-3-4-9(12(17)18)15-7-8/h1-5,7,16H,(H,17,18). The lowest BCUT2D eigenvalue weighted by atomic mass is 10.3. The van der Waals surface area contributed by atoms with Crippen molar-refractivity contribution >= 4 is 21.7 Å². The van der Waals surface area contributed by atoms with Crippen LogP contribution in [0.2, 0.25) is 0 Å². The highest BCUT2D eigenvalue weighted by Gasteiger charge is 2.19. The lowest BCUT2D eigenvalue weighted by Crippen LogP contribution is -2.15. The van der Waals surface area contributed by atoms with Gasteiger partial charge in [0.15, 0.2) is 5.69 Å². The smallest absolute Gasteiger partial charge is 0.354 e. The van der Waals surface area contributed by atoms with Crippen molar-refractivity contribution in [2.24, 2.45) is 0 Å². The van der Waals surface area contributed by atoms with Gasteiger partial charge in [0.25, 0.3) is 10.0 Å². The van der Waals surface area contributed by atoms with Crippen LogP contribution in [0.3, 0.4) is 0 Å². The maximum atomic E-state index is 12.2. The van der Waals surface area contributed by atoms with E-state index >= 15 is 0 Å². The lowest BCUT2D eigenvalue weighted by molar-refractivity contribution is 0.0690. The molecule has 106 valence electrons. The summed E-state index contributed by atoms with van der Waals surface area (Å²) >= 11 is 0. The molecule has 0 atom stereocenters. The fraction of sp³-hybridized carbons (Fsp3) is 0. The molecule has 2 rings (SSSR count). The molecular formula is C12H8N4O4S.